The van der Waals surface area contributed by atoms with Gasteiger partial charge < -0.3 is 14.6 Å². The number of nitrogens with zero attached hydrogens (tertiary/aromatic N) is 3. The number of carbonyl (C=O) groups is 1. The Morgan fingerprint density at radius 3 is 2.65 bits per heavy atom. The number of hydrogen-bond acceptors (Lipinski definition) is 6. The van der Waals surface area contributed by atoms with Crippen LogP contribution in [0.2, 0.25) is 0 Å². The Labute approximate surface area is 149 Å². The lowest BCUT2D eigenvalue weighted by Gasteiger charge is -2.08. The second-order valence-electron chi connectivity index (χ2n) is 5.85. The summed E-state index contributed by atoms with van der Waals surface area (Å²) >= 11 is 0. The van der Waals surface area contributed by atoms with Crippen LogP contribution in [0.5, 0.6) is 5.88 Å². The number of benzene rings is 1. The molecule has 0 atom stereocenters. The van der Waals surface area contributed by atoms with E-state index in [1.54, 1.807) is 12.1 Å². The molecule has 8 heteroatoms. The van der Waals surface area contributed by atoms with Gasteiger partial charge in [-0.25, -0.2) is 14.4 Å². The molecule has 1 aromatic carbocycles. The topological polar surface area (TPSA) is 90.1 Å². The Hall–Kier alpha value is -3.29. The van der Waals surface area contributed by atoms with E-state index in [2.05, 4.69) is 20.4 Å². The fourth-order valence-electron chi connectivity index (χ4n) is 2.20. The summed E-state index contributed by atoms with van der Waals surface area (Å²) in [5, 5.41) is 6.66. The van der Waals surface area contributed by atoms with Crippen LogP contribution in [0.1, 0.15) is 29.9 Å². The first-order chi connectivity index (χ1) is 12.5. The molecule has 0 bridgehead atoms. The second kappa shape index (κ2) is 7.73. The van der Waals surface area contributed by atoms with E-state index in [0.717, 1.165) is 0 Å². The summed E-state index contributed by atoms with van der Waals surface area (Å²) < 4.78 is 23.6. The minimum atomic E-state index is -0.327. The molecule has 0 saturated heterocycles. The number of aromatic nitrogens is 3. The van der Waals surface area contributed by atoms with Crippen LogP contribution in [-0.4, -0.2) is 27.1 Å². The van der Waals surface area contributed by atoms with Crippen LogP contribution >= 0.6 is 0 Å². The summed E-state index contributed by atoms with van der Waals surface area (Å²) in [7, 11) is 0. The molecule has 3 rings (SSSR count). The summed E-state index contributed by atoms with van der Waals surface area (Å²) in [5.74, 6) is -0.360. The Morgan fingerprint density at radius 2 is 2.00 bits per heavy atom. The molecule has 7 nitrogen and oxygen atoms in total. The molecule has 0 spiro atoms. The van der Waals surface area contributed by atoms with Gasteiger partial charge in [-0.15, -0.1) is 0 Å². The van der Waals surface area contributed by atoms with Crippen LogP contribution in [0.25, 0.3) is 11.3 Å². The van der Waals surface area contributed by atoms with Gasteiger partial charge in [-0.3, -0.25) is 4.79 Å². The minimum absolute atomic E-state index is 0.0127. The summed E-state index contributed by atoms with van der Waals surface area (Å²) in [4.78, 5) is 20.0. The molecule has 3 aromatic rings. The van der Waals surface area contributed by atoms with Gasteiger partial charge in [-0.1, -0.05) is 5.16 Å². The van der Waals surface area contributed by atoms with Gasteiger partial charge in [-0.05, 0) is 38.1 Å². The zero-order valence-electron chi connectivity index (χ0n) is 14.3. The van der Waals surface area contributed by atoms with Crippen molar-refractivity contribution in [3.8, 4) is 17.1 Å². The fourth-order valence-corrected chi connectivity index (χ4v) is 2.20. The number of amides is 1. The lowest BCUT2D eigenvalue weighted by atomic mass is 10.1. The molecular formula is C18H17FN4O3. The first kappa shape index (κ1) is 17.5. The molecule has 2 heterocycles. The van der Waals surface area contributed by atoms with E-state index in [4.69, 9.17) is 9.26 Å². The highest BCUT2D eigenvalue weighted by molar-refractivity contribution is 5.92. The molecule has 1 N–H and O–H groups in total. The predicted molar refractivity (Wildman–Crippen MR) is 90.9 cm³/mol. The van der Waals surface area contributed by atoms with E-state index < -0.39 is 0 Å². The number of nitrogens with one attached hydrogen (secondary N) is 1. The maximum absolute atomic E-state index is 13.0. The lowest BCUT2D eigenvalue weighted by Crippen LogP contribution is -2.30. The van der Waals surface area contributed by atoms with Crippen molar-refractivity contribution in [2.75, 3.05) is 0 Å². The van der Waals surface area contributed by atoms with Crippen molar-refractivity contribution in [1.82, 2.24) is 20.4 Å². The first-order valence-corrected chi connectivity index (χ1v) is 7.98. The number of hydrogen-bond donors (Lipinski definition) is 1. The van der Waals surface area contributed by atoms with Gasteiger partial charge in [0.25, 0.3) is 5.91 Å². The molecule has 0 aliphatic carbocycles. The van der Waals surface area contributed by atoms with Gasteiger partial charge in [0.1, 0.15) is 30.1 Å². The van der Waals surface area contributed by atoms with Crippen LogP contribution in [0.4, 0.5) is 4.39 Å². The summed E-state index contributed by atoms with van der Waals surface area (Å²) in [6.07, 6.45) is 4.18. The van der Waals surface area contributed by atoms with E-state index in [0.29, 0.717) is 16.8 Å². The summed E-state index contributed by atoms with van der Waals surface area (Å²) in [6.45, 7) is 3.86. The molecule has 1 amide bonds. The number of carbonyl (C=O) groups excluding carboxylic acids is 1. The van der Waals surface area contributed by atoms with Crippen molar-refractivity contribution in [3.63, 3.8) is 0 Å². The molecule has 26 heavy (non-hydrogen) atoms. The van der Waals surface area contributed by atoms with Crippen LogP contribution in [-0.2, 0) is 6.61 Å². The molecular weight excluding hydrogens is 339 g/mol. The highest BCUT2D eigenvalue weighted by Crippen LogP contribution is 2.23. The Balaban J connectivity index is 1.66. The van der Waals surface area contributed by atoms with Crippen LogP contribution < -0.4 is 10.1 Å². The normalized spacial score (nSPS) is 10.8. The number of ether oxygens (including phenoxy) is 1. The third kappa shape index (κ3) is 4.21. The second-order valence-corrected chi connectivity index (χ2v) is 5.85. The smallest absolute Gasteiger partial charge is 0.271 e. The molecule has 2 aromatic heterocycles. The maximum atomic E-state index is 13.0. The Morgan fingerprint density at radius 1 is 1.23 bits per heavy atom. The van der Waals surface area contributed by atoms with E-state index in [9.17, 15) is 9.18 Å². The van der Waals surface area contributed by atoms with Gasteiger partial charge in [0, 0.05) is 11.6 Å². The lowest BCUT2D eigenvalue weighted by molar-refractivity contribution is 0.0937. The highest BCUT2D eigenvalue weighted by Gasteiger charge is 2.13. The van der Waals surface area contributed by atoms with Crippen molar-refractivity contribution in [3.05, 3.63) is 60.0 Å². The average molecular weight is 356 g/mol. The average Bonchev–Trinajstić information content (AvgIpc) is 3.09. The largest absolute Gasteiger partial charge is 0.471 e. The van der Waals surface area contributed by atoms with Gasteiger partial charge in [0.2, 0.25) is 5.88 Å². The highest BCUT2D eigenvalue weighted by atomic mass is 19.1. The first-order valence-electron chi connectivity index (χ1n) is 7.98. The Kier molecular flexibility index (Phi) is 5.21. The maximum Gasteiger partial charge on any atom is 0.271 e. The van der Waals surface area contributed by atoms with Gasteiger partial charge in [0.15, 0.2) is 0 Å². The van der Waals surface area contributed by atoms with Crippen molar-refractivity contribution >= 4 is 5.91 Å². The predicted octanol–water partition coefficient (Wildman–Crippen LogP) is 2.99. The summed E-state index contributed by atoms with van der Waals surface area (Å²) in [6, 6.07) is 5.93. The SMILES string of the molecule is CC(C)NC(=O)c1cnc(OCc2conc2-c2ccc(F)cc2)cn1. The van der Waals surface area contributed by atoms with Crippen LogP contribution in [0, 0.1) is 5.82 Å². The van der Waals surface area contributed by atoms with Gasteiger partial charge in [-0.2, -0.15) is 0 Å². The third-order valence-electron chi connectivity index (χ3n) is 3.42. The monoisotopic (exact) mass is 356 g/mol. The van der Waals surface area contributed by atoms with Crippen LogP contribution in [0.15, 0.2) is 47.4 Å². The van der Waals surface area contributed by atoms with E-state index in [1.165, 1.54) is 30.8 Å². The molecule has 0 aliphatic heterocycles. The standard InChI is InChI=1S/C18H17FN4O3/c1-11(2)22-18(24)15-7-21-16(8-20-15)25-9-13-10-26-23-17(13)12-3-5-14(19)6-4-12/h3-8,10-11H,9H2,1-2H3,(H,22,24). The van der Waals surface area contributed by atoms with Crippen molar-refractivity contribution < 1.29 is 18.4 Å². The number of halogens is 1. The van der Waals surface area contributed by atoms with Crippen LogP contribution in [0.3, 0.4) is 0 Å². The van der Waals surface area contributed by atoms with Crippen molar-refractivity contribution in [2.45, 2.75) is 26.5 Å². The zero-order valence-corrected chi connectivity index (χ0v) is 14.3. The fraction of sp³-hybridized carbons (Fsp3) is 0.222. The quantitative estimate of drug-likeness (QED) is 0.730. The Bertz CT molecular complexity index is 876. The van der Waals surface area contributed by atoms with E-state index >= 15 is 0 Å². The van der Waals surface area contributed by atoms with Gasteiger partial charge in [0.05, 0.1) is 18.0 Å². The third-order valence-corrected chi connectivity index (χ3v) is 3.42. The molecule has 0 radical (unpaired) electrons. The summed E-state index contributed by atoms with van der Waals surface area (Å²) in [5.41, 5.74) is 2.17. The molecule has 134 valence electrons. The molecule has 0 aliphatic rings. The molecule has 0 saturated carbocycles. The molecule has 0 fully saturated rings. The van der Waals surface area contributed by atoms with Crippen molar-refractivity contribution in [1.29, 1.82) is 0 Å². The van der Waals surface area contributed by atoms with E-state index in [1.807, 2.05) is 13.8 Å². The van der Waals surface area contributed by atoms with E-state index in [-0.39, 0.29) is 35.9 Å². The zero-order chi connectivity index (χ0) is 18.5. The minimum Gasteiger partial charge on any atom is -0.471 e. The number of rotatable bonds is 6. The van der Waals surface area contributed by atoms with Crippen molar-refractivity contribution in [2.24, 2.45) is 0 Å². The van der Waals surface area contributed by atoms with Gasteiger partial charge >= 0.3 is 0 Å². The molecule has 0 unspecified atom stereocenters.